The van der Waals surface area contributed by atoms with Crippen molar-refractivity contribution in [1.29, 1.82) is 0 Å². The molecule has 0 bridgehead atoms. The first-order valence-corrected chi connectivity index (χ1v) is 7.63. The molecular formula is C15H17ClN4O2. The van der Waals surface area contributed by atoms with E-state index < -0.39 is 4.92 Å². The van der Waals surface area contributed by atoms with Crippen LogP contribution in [-0.4, -0.2) is 28.2 Å². The average Bonchev–Trinajstić information content (AvgIpc) is 3.01. The Labute approximate surface area is 133 Å². The van der Waals surface area contributed by atoms with Gasteiger partial charge in [0.15, 0.2) is 0 Å². The van der Waals surface area contributed by atoms with Crippen LogP contribution in [0.3, 0.4) is 0 Å². The topological polar surface area (TPSA) is 75.1 Å². The van der Waals surface area contributed by atoms with Gasteiger partial charge in [0.1, 0.15) is 0 Å². The van der Waals surface area contributed by atoms with Crippen molar-refractivity contribution in [2.75, 3.05) is 18.0 Å². The Kier molecular flexibility index (Phi) is 4.02. The Hall–Kier alpha value is -2.08. The number of hydrogen-bond acceptors (Lipinski definition) is 4. The molecule has 1 aliphatic rings. The largest absolute Gasteiger partial charge is 0.369 e. The highest BCUT2D eigenvalue weighted by atomic mass is 35.5. The van der Waals surface area contributed by atoms with Crippen LogP contribution in [-0.2, 0) is 0 Å². The van der Waals surface area contributed by atoms with Gasteiger partial charge >= 0.3 is 0 Å². The van der Waals surface area contributed by atoms with E-state index in [4.69, 9.17) is 11.6 Å². The molecule has 0 spiro atoms. The van der Waals surface area contributed by atoms with Crippen LogP contribution < -0.4 is 4.90 Å². The fourth-order valence-electron chi connectivity index (χ4n) is 3.15. The van der Waals surface area contributed by atoms with Crippen LogP contribution in [0.25, 0.3) is 0 Å². The van der Waals surface area contributed by atoms with E-state index in [0.717, 1.165) is 42.9 Å². The number of benzene rings is 1. The minimum absolute atomic E-state index is 0.0355. The van der Waals surface area contributed by atoms with Crippen LogP contribution in [0, 0.1) is 17.0 Å². The van der Waals surface area contributed by atoms with Crippen LogP contribution >= 0.6 is 11.6 Å². The zero-order valence-electron chi connectivity index (χ0n) is 12.3. The zero-order chi connectivity index (χ0) is 15.7. The number of rotatable bonds is 3. The molecule has 0 radical (unpaired) electrons. The highest BCUT2D eigenvalue weighted by molar-refractivity contribution is 6.33. The van der Waals surface area contributed by atoms with E-state index in [1.807, 2.05) is 13.0 Å². The number of piperidine rings is 1. The molecule has 1 aromatic carbocycles. The Morgan fingerprint density at radius 2 is 2.32 bits per heavy atom. The van der Waals surface area contributed by atoms with Crippen LogP contribution in [0.4, 0.5) is 11.4 Å². The molecule has 0 aliphatic carbocycles. The first-order valence-electron chi connectivity index (χ1n) is 7.25. The number of non-ortho nitro benzene ring substituents is 1. The standard InChI is InChI=1S/C15H17ClN4O2/c1-10-7-12(20(21)22)8-13(16)15(10)19-6-2-3-11(9-19)14-4-5-17-18-14/h4-5,7-8,11H,2-3,6,9H2,1H3,(H,17,18). The van der Waals surface area contributed by atoms with E-state index in [1.54, 1.807) is 12.3 Å². The molecule has 1 N–H and O–H groups in total. The lowest BCUT2D eigenvalue weighted by Crippen LogP contribution is -2.35. The quantitative estimate of drug-likeness (QED) is 0.691. The number of hydrogen-bond donors (Lipinski definition) is 1. The van der Waals surface area contributed by atoms with Gasteiger partial charge in [-0.1, -0.05) is 11.6 Å². The summed E-state index contributed by atoms with van der Waals surface area (Å²) in [6.07, 6.45) is 3.91. The zero-order valence-corrected chi connectivity index (χ0v) is 13.0. The Morgan fingerprint density at radius 1 is 1.50 bits per heavy atom. The summed E-state index contributed by atoms with van der Waals surface area (Å²) < 4.78 is 0. The summed E-state index contributed by atoms with van der Waals surface area (Å²) in [6.45, 7) is 3.61. The van der Waals surface area contributed by atoms with E-state index in [-0.39, 0.29) is 5.69 Å². The van der Waals surface area contributed by atoms with Gasteiger partial charge in [-0.2, -0.15) is 5.10 Å². The van der Waals surface area contributed by atoms with Crippen LogP contribution in [0.5, 0.6) is 0 Å². The first-order chi connectivity index (χ1) is 10.6. The third-order valence-electron chi connectivity index (χ3n) is 4.15. The molecular weight excluding hydrogens is 304 g/mol. The number of aromatic nitrogens is 2. The highest BCUT2D eigenvalue weighted by Crippen LogP contribution is 2.37. The number of nitrogens with one attached hydrogen (secondary N) is 1. The van der Waals surface area contributed by atoms with Crippen molar-refractivity contribution in [2.24, 2.45) is 0 Å². The molecule has 1 atom stereocenters. The summed E-state index contributed by atoms with van der Waals surface area (Å²) in [5, 5.41) is 18.4. The van der Waals surface area contributed by atoms with Gasteiger partial charge in [0.25, 0.3) is 5.69 Å². The minimum atomic E-state index is -0.410. The molecule has 2 heterocycles. The second-order valence-electron chi connectivity index (χ2n) is 5.65. The van der Waals surface area contributed by atoms with Gasteiger partial charge in [0, 0.05) is 43.0 Å². The molecule has 7 heteroatoms. The van der Waals surface area contributed by atoms with Gasteiger partial charge in [0.2, 0.25) is 0 Å². The average molecular weight is 321 g/mol. The predicted molar refractivity (Wildman–Crippen MR) is 85.6 cm³/mol. The monoisotopic (exact) mass is 320 g/mol. The number of aryl methyl sites for hydroxylation is 1. The smallest absolute Gasteiger partial charge is 0.271 e. The third-order valence-corrected chi connectivity index (χ3v) is 4.44. The van der Waals surface area contributed by atoms with Crippen molar-refractivity contribution in [3.63, 3.8) is 0 Å². The molecule has 0 saturated carbocycles. The fourth-order valence-corrected chi connectivity index (χ4v) is 3.53. The minimum Gasteiger partial charge on any atom is -0.369 e. The summed E-state index contributed by atoms with van der Waals surface area (Å²) in [6, 6.07) is 5.02. The van der Waals surface area contributed by atoms with E-state index in [1.165, 1.54) is 6.07 Å². The summed E-state index contributed by atoms with van der Waals surface area (Å²) in [5.41, 5.74) is 2.90. The number of nitro groups is 1. The van der Waals surface area contributed by atoms with Gasteiger partial charge in [-0.3, -0.25) is 15.2 Å². The lowest BCUT2D eigenvalue weighted by molar-refractivity contribution is -0.384. The predicted octanol–water partition coefficient (Wildman–Crippen LogP) is 3.66. The van der Waals surface area contributed by atoms with E-state index in [2.05, 4.69) is 15.1 Å². The number of nitro benzene ring substituents is 1. The highest BCUT2D eigenvalue weighted by Gasteiger charge is 2.26. The molecule has 6 nitrogen and oxygen atoms in total. The second-order valence-corrected chi connectivity index (χ2v) is 6.05. The summed E-state index contributed by atoms with van der Waals surface area (Å²) >= 11 is 6.32. The van der Waals surface area contributed by atoms with Gasteiger partial charge in [-0.15, -0.1) is 0 Å². The number of anilines is 1. The normalized spacial score (nSPS) is 18.5. The van der Waals surface area contributed by atoms with E-state index in [9.17, 15) is 10.1 Å². The third kappa shape index (κ3) is 2.78. The summed E-state index contributed by atoms with van der Waals surface area (Å²) in [7, 11) is 0. The van der Waals surface area contributed by atoms with Crippen molar-refractivity contribution >= 4 is 23.0 Å². The molecule has 1 aromatic heterocycles. The SMILES string of the molecule is Cc1cc([N+](=O)[O-])cc(Cl)c1N1CCCC(c2ccn[nH]2)C1. The summed E-state index contributed by atoms with van der Waals surface area (Å²) in [4.78, 5) is 12.7. The Bertz CT molecular complexity index is 664. The molecule has 1 saturated heterocycles. The van der Waals surface area contributed by atoms with Gasteiger partial charge in [-0.25, -0.2) is 0 Å². The maximum Gasteiger partial charge on any atom is 0.271 e. The molecule has 1 unspecified atom stereocenters. The van der Waals surface area contributed by atoms with Crippen LogP contribution in [0.15, 0.2) is 24.4 Å². The molecule has 3 rings (SSSR count). The number of nitrogens with zero attached hydrogens (tertiary/aromatic N) is 3. The maximum absolute atomic E-state index is 10.9. The molecule has 116 valence electrons. The van der Waals surface area contributed by atoms with E-state index >= 15 is 0 Å². The van der Waals surface area contributed by atoms with Crippen molar-refractivity contribution in [2.45, 2.75) is 25.7 Å². The summed E-state index contributed by atoms with van der Waals surface area (Å²) in [5.74, 6) is 0.377. The lowest BCUT2D eigenvalue weighted by Gasteiger charge is -2.35. The van der Waals surface area contributed by atoms with Crippen molar-refractivity contribution in [1.82, 2.24) is 10.2 Å². The second kappa shape index (κ2) is 5.96. The Morgan fingerprint density at radius 3 is 2.95 bits per heavy atom. The molecule has 22 heavy (non-hydrogen) atoms. The molecule has 0 amide bonds. The van der Waals surface area contributed by atoms with Crippen LogP contribution in [0.2, 0.25) is 5.02 Å². The van der Waals surface area contributed by atoms with Crippen LogP contribution in [0.1, 0.15) is 30.0 Å². The van der Waals surface area contributed by atoms with Gasteiger partial charge in [0.05, 0.1) is 15.6 Å². The van der Waals surface area contributed by atoms with Crippen molar-refractivity contribution in [3.05, 3.63) is 50.8 Å². The lowest BCUT2D eigenvalue weighted by atomic mass is 9.94. The molecule has 1 fully saturated rings. The molecule has 1 aliphatic heterocycles. The number of aromatic amines is 1. The number of halogens is 1. The van der Waals surface area contributed by atoms with Gasteiger partial charge < -0.3 is 4.90 Å². The van der Waals surface area contributed by atoms with E-state index in [0.29, 0.717) is 10.9 Å². The maximum atomic E-state index is 10.9. The van der Waals surface area contributed by atoms with Gasteiger partial charge in [-0.05, 0) is 31.4 Å². The Balaban J connectivity index is 1.89. The first kappa shape index (κ1) is 14.8. The van der Waals surface area contributed by atoms with Crippen molar-refractivity contribution < 1.29 is 4.92 Å². The van der Waals surface area contributed by atoms with Crippen molar-refractivity contribution in [3.8, 4) is 0 Å². The number of H-pyrrole nitrogens is 1. The fraction of sp³-hybridized carbons (Fsp3) is 0.400. The molecule has 2 aromatic rings.